The van der Waals surface area contributed by atoms with Crippen LogP contribution < -0.4 is 0 Å². The second-order valence-corrected chi connectivity index (χ2v) is 12.2. The van der Waals surface area contributed by atoms with Gasteiger partial charge in [0, 0.05) is 18.2 Å². The average molecular weight is 574 g/mol. The van der Waals surface area contributed by atoms with E-state index in [1.165, 1.54) is 0 Å². The number of carbonyl (C=O) groups excluding carboxylic acids is 2. The minimum Gasteiger partial charge on any atom is -0.477 e. The number of benzene rings is 2. The van der Waals surface area contributed by atoms with Gasteiger partial charge in [-0.1, -0.05) is 48.5 Å². The lowest BCUT2D eigenvalue weighted by Crippen LogP contribution is -2.48. The number of H-pyrrole nitrogens is 1. The number of ether oxygens (including phenoxy) is 2. The molecule has 0 spiro atoms. The number of aromatic amines is 1. The fourth-order valence-electron chi connectivity index (χ4n) is 6.32. The van der Waals surface area contributed by atoms with E-state index < -0.39 is 23.8 Å². The van der Waals surface area contributed by atoms with Gasteiger partial charge in [0.15, 0.2) is 0 Å². The number of fused-ring (bicyclic) bond motifs is 3. The molecular formula is C33H39N3O6. The van der Waals surface area contributed by atoms with Gasteiger partial charge >= 0.3 is 18.2 Å². The Balaban J connectivity index is 1.42. The molecule has 2 aromatic carbocycles. The van der Waals surface area contributed by atoms with Gasteiger partial charge < -0.3 is 24.5 Å². The van der Waals surface area contributed by atoms with Crippen molar-refractivity contribution in [3.8, 4) is 11.1 Å². The fourth-order valence-corrected chi connectivity index (χ4v) is 6.32. The van der Waals surface area contributed by atoms with Crippen LogP contribution in [0.4, 0.5) is 9.59 Å². The van der Waals surface area contributed by atoms with Gasteiger partial charge in [0.2, 0.25) is 0 Å². The van der Waals surface area contributed by atoms with Crippen LogP contribution in [-0.4, -0.2) is 68.9 Å². The molecule has 1 aliphatic heterocycles. The molecule has 9 nitrogen and oxygen atoms in total. The highest BCUT2D eigenvalue weighted by molar-refractivity contribution is 5.88. The van der Waals surface area contributed by atoms with E-state index in [-0.39, 0.29) is 36.8 Å². The maximum absolute atomic E-state index is 14.0. The number of carboxylic acid groups (broad SMARTS) is 1. The zero-order valence-corrected chi connectivity index (χ0v) is 25.1. The Labute approximate surface area is 246 Å². The van der Waals surface area contributed by atoms with Crippen molar-refractivity contribution in [1.29, 1.82) is 0 Å². The summed E-state index contributed by atoms with van der Waals surface area (Å²) in [5, 5.41) is 9.66. The number of aryl methyl sites for hydroxylation is 1. The zero-order valence-electron chi connectivity index (χ0n) is 25.1. The molecule has 2 N–H and O–H groups in total. The Kier molecular flexibility index (Phi) is 7.79. The summed E-state index contributed by atoms with van der Waals surface area (Å²) in [7, 11) is 0. The topological polar surface area (TPSA) is 112 Å². The summed E-state index contributed by atoms with van der Waals surface area (Å²) in [6.07, 6.45) is -0.386. The number of carbonyl (C=O) groups is 3. The molecule has 222 valence electrons. The van der Waals surface area contributed by atoms with Gasteiger partial charge in [0.05, 0.1) is 18.6 Å². The lowest BCUT2D eigenvalue weighted by Gasteiger charge is -2.34. The Morgan fingerprint density at radius 2 is 1.62 bits per heavy atom. The minimum atomic E-state index is -1.06. The molecule has 2 amide bonds. The molecule has 0 unspecified atom stereocenters. The minimum absolute atomic E-state index is 0.100. The van der Waals surface area contributed by atoms with Crippen LogP contribution in [0.5, 0.6) is 0 Å². The quantitative estimate of drug-likeness (QED) is 0.349. The van der Waals surface area contributed by atoms with Crippen molar-refractivity contribution in [3.05, 3.63) is 82.2 Å². The highest BCUT2D eigenvalue weighted by atomic mass is 16.6. The molecule has 9 heteroatoms. The van der Waals surface area contributed by atoms with Crippen molar-refractivity contribution in [2.45, 2.75) is 78.1 Å². The van der Waals surface area contributed by atoms with E-state index in [9.17, 15) is 19.5 Å². The number of carboxylic acids is 1. The molecule has 2 aliphatic rings. The number of likely N-dealkylation sites (tertiary alicyclic amines) is 1. The third kappa shape index (κ3) is 5.47. The predicted octanol–water partition coefficient (Wildman–Crippen LogP) is 6.48. The van der Waals surface area contributed by atoms with Crippen LogP contribution in [0.2, 0.25) is 0 Å². The summed E-state index contributed by atoms with van der Waals surface area (Å²) in [6.45, 7) is 11.7. The lowest BCUT2D eigenvalue weighted by molar-refractivity contribution is 0.0188. The van der Waals surface area contributed by atoms with E-state index in [2.05, 4.69) is 29.2 Å². The van der Waals surface area contributed by atoms with Crippen molar-refractivity contribution in [2.24, 2.45) is 0 Å². The molecule has 1 aromatic heterocycles. The first-order valence-electron chi connectivity index (χ1n) is 14.4. The first kappa shape index (κ1) is 29.2. The molecule has 2 atom stereocenters. The predicted molar refractivity (Wildman–Crippen MR) is 159 cm³/mol. The van der Waals surface area contributed by atoms with Gasteiger partial charge in [-0.25, -0.2) is 14.4 Å². The van der Waals surface area contributed by atoms with Crippen LogP contribution in [0, 0.1) is 13.8 Å². The van der Waals surface area contributed by atoms with Gasteiger partial charge in [-0.05, 0) is 81.3 Å². The van der Waals surface area contributed by atoms with Crippen LogP contribution in [0.15, 0.2) is 48.5 Å². The first-order chi connectivity index (χ1) is 19.9. The largest absolute Gasteiger partial charge is 0.477 e. The van der Waals surface area contributed by atoms with Gasteiger partial charge in [-0.3, -0.25) is 4.90 Å². The molecule has 1 fully saturated rings. The Hall–Kier alpha value is -4.27. The summed E-state index contributed by atoms with van der Waals surface area (Å²) in [5.74, 6) is -1.16. The Bertz CT molecular complexity index is 1470. The average Bonchev–Trinajstić information content (AvgIpc) is 3.56. The van der Waals surface area contributed by atoms with Crippen molar-refractivity contribution in [1.82, 2.24) is 14.8 Å². The van der Waals surface area contributed by atoms with Gasteiger partial charge in [-0.2, -0.15) is 0 Å². The summed E-state index contributed by atoms with van der Waals surface area (Å²) in [6, 6.07) is 15.6. The van der Waals surface area contributed by atoms with Gasteiger partial charge in [-0.15, -0.1) is 0 Å². The monoisotopic (exact) mass is 573 g/mol. The maximum atomic E-state index is 14.0. The van der Waals surface area contributed by atoms with Crippen molar-refractivity contribution < 1.29 is 29.0 Å². The molecule has 0 saturated carbocycles. The second-order valence-electron chi connectivity index (χ2n) is 12.2. The van der Waals surface area contributed by atoms with Crippen LogP contribution >= 0.6 is 0 Å². The van der Waals surface area contributed by atoms with Crippen LogP contribution in [-0.2, 0) is 16.0 Å². The van der Waals surface area contributed by atoms with Crippen molar-refractivity contribution in [3.63, 3.8) is 0 Å². The molecular weight excluding hydrogens is 534 g/mol. The summed E-state index contributed by atoms with van der Waals surface area (Å²) in [4.78, 5) is 45.0. The normalized spacial score (nSPS) is 18.0. The van der Waals surface area contributed by atoms with Crippen molar-refractivity contribution in [2.75, 3.05) is 13.2 Å². The summed E-state index contributed by atoms with van der Waals surface area (Å²) >= 11 is 0. The molecule has 0 radical (unpaired) electrons. The molecule has 0 bridgehead atoms. The number of hydrogen-bond acceptors (Lipinski definition) is 5. The molecule has 1 saturated heterocycles. The third-order valence-corrected chi connectivity index (χ3v) is 8.45. The molecule has 1 aliphatic carbocycles. The highest BCUT2D eigenvalue weighted by Crippen LogP contribution is 2.44. The number of aromatic nitrogens is 1. The molecule has 2 heterocycles. The summed E-state index contributed by atoms with van der Waals surface area (Å²) < 4.78 is 11.7. The number of rotatable bonds is 6. The van der Waals surface area contributed by atoms with E-state index >= 15 is 0 Å². The zero-order chi connectivity index (χ0) is 30.3. The molecule has 3 aromatic rings. The van der Waals surface area contributed by atoms with E-state index in [4.69, 9.17) is 9.47 Å². The highest BCUT2D eigenvalue weighted by Gasteiger charge is 2.42. The standard InChI is InChI=1S/C33H39N3O6/c1-19-26(20(2)34-29(19)30(37)38)17-36(28-15-16-35(21(28)3)32(40)42-33(4,5)6)31(39)41-18-27-24-13-9-7-11-22(24)23-12-8-10-14-25(23)27/h7-14,21,27-28,34H,15-18H2,1-6H3,(H,37,38)/t21-,28+/m1/s1. The SMILES string of the molecule is Cc1[nH]c(C(=O)O)c(C)c1CN(C(=O)OCC1c2ccccc2-c2ccccc21)[C@H]1CCN(C(=O)OC(C)(C)C)[C@@H]1C. The van der Waals surface area contributed by atoms with E-state index in [1.54, 1.807) is 23.6 Å². The number of amides is 2. The van der Waals surface area contributed by atoms with E-state index in [0.717, 1.165) is 27.8 Å². The number of nitrogens with one attached hydrogen (secondary N) is 1. The third-order valence-electron chi connectivity index (χ3n) is 8.45. The van der Waals surface area contributed by atoms with Crippen LogP contribution in [0.1, 0.15) is 78.5 Å². The molecule has 5 rings (SSSR count). The number of nitrogens with zero attached hydrogens (tertiary/aromatic N) is 2. The molecule has 42 heavy (non-hydrogen) atoms. The maximum Gasteiger partial charge on any atom is 0.410 e. The fraction of sp³-hybridized carbons (Fsp3) is 0.424. The van der Waals surface area contributed by atoms with E-state index in [1.807, 2.05) is 52.0 Å². The van der Waals surface area contributed by atoms with Crippen LogP contribution in [0.3, 0.4) is 0 Å². The second kappa shape index (κ2) is 11.2. The summed E-state index contributed by atoms with van der Waals surface area (Å²) in [5.41, 5.74) is 5.95. The smallest absolute Gasteiger partial charge is 0.410 e. The van der Waals surface area contributed by atoms with E-state index in [0.29, 0.717) is 24.2 Å². The Morgan fingerprint density at radius 3 is 2.17 bits per heavy atom. The van der Waals surface area contributed by atoms with Gasteiger partial charge in [0.1, 0.15) is 17.9 Å². The number of hydrogen-bond donors (Lipinski definition) is 2. The number of aromatic carboxylic acids is 1. The Morgan fingerprint density at radius 1 is 1.02 bits per heavy atom. The van der Waals surface area contributed by atoms with Gasteiger partial charge in [0.25, 0.3) is 0 Å². The lowest BCUT2D eigenvalue weighted by atomic mass is 9.98. The first-order valence-corrected chi connectivity index (χ1v) is 14.4. The van der Waals surface area contributed by atoms with Crippen LogP contribution in [0.25, 0.3) is 11.1 Å². The van der Waals surface area contributed by atoms with Crippen molar-refractivity contribution >= 4 is 18.2 Å².